The van der Waals surface area contributed by atoms with Gasteiger partial charge in [-0.1, -0.05) is 27.7 Å². The van der Waals surface area contributed by atoms with Crippen LogP contribution < -0.4 is 5.32 Å². The van der Waals surface area contributed by atoms with Crippen molar-refractivity contribution in [1.29, 1.82) is 0 Å². The Morgan fingerprint density at radius 2 is 1.57 bits per heavy atom. The topological polar surface area (TPSA) is 21.3 Å². The van der Waals surface area contributed by atoms with Crippen LogP contribution in [-0.2, 0) is 4.74 Å². The second kappa shape index (κ2) is 5.72. The number of rotatable bonds is 0. The summed E-state index contributed by atoms with van der Waals surface area (Å²) in [5.74, 6) is 0. The standard InChI is InChI=1S/C8H15N.C2H6O.C2H6/c1-7-3-4-9-6-8(7,2)5-7;1-3-2;1-2/h9H,3-6H2,1-2H3;1-2H3;1-2H3. The lowest BCUT2D eigenvalue weighted by atomic mass is 9.90. The van der Waals surface area contributed by atoms with Gasteiger partial charge in [0.1, 0.15) is 0 Å². The molecule has 14 heavy (non-hydrogen) atoms. The molecule has 86 valence electrons. The fraction of sp³-hybridized carbons (Fsp3) is 1.00. The summed E-state index contributed by atoms with van der Waals surface area (Å²) in [5.41, 5.74) is 1.39. The first-order valence-electron chi connectivity index (χ1n) is 5.69. The minimum absolute atomic E-state index is 0.672. The van der Waals surface area contributed by atoms with E-state index in [4.69, 9.17) is 0 Å². The van der Waals surface area contributed by atoms with E-state index in [9.17, 15) is 0 Å². The molecule has 2 unspecified atom stereocenters. The molecular formula is C12H27NO. The van der Waals surface area contributed by atoms with Gasteiger partial charge in [0.25, 0.3) is 0 Å². The van der Waals surface area contributed by atoms with Crippen molar-refractivity contribution in [2.24, 2.45) is 10.8 Å². The molecule has 2 nitrogen and oxygen atoms in total. The molecule has 0 bridgehead atoms. The minimum Gasteiger partial charge on any atom is -0.388 e. The number of ether oxygens (including phenoxy) is 1. The first-order valence-corrected chi connectivity index (χ1v) is 5.69. The molecule has 2 aliphatic rings. The van der Waals surface area contributed by atoms with Crippen molar-refractivity contribution >= 4 is 0 Å². The highest BCUT2D eigenvalue weighted by Gasteiger charge is 2.61. The smallest absolute Gasteiger partial charge is 0.0351 e. The van der Waals surface area contributed by atoms with Crippen LogP contribution in [0.2, 0.25) is 0 Å². The van der Waals surface area contributed by atoms with E-state index in [2.05, 4.69) is 23.9 Å². The molecule has 1 N–H and O–H groups in total. The van der Waals surface area contributed by atoms with E-state index in [1.165, 1.54) is 25.9 Å². The molecule has 1 heterocycles. The normalized spacial score (nSPS) is 38.1. The van der Waals surface area contributed by atoms with Gasteiger partial charge in [-0.25, -0.2) is 0 Å². The summed E-state index contributed by atoms with van der Waals surface area (Å²) in [5, 5.41) is 3.44. The van der Waals surface area contributed by atoms with Gasteiger partial charge in [0, 0.05) is 20.8 Å². The van der Waals surface area contributed by atoms with Gasteiger partial charge in [0.2, 0.25) is 0 Å². The largest absolute Gasteiger partial charge is 0.388 e. The highest BCUT2D eigenvalue weighted by Crippen LogP contribution is 2.66. The van der Waals surface area contributed by atoms with Crippen molar-refractivity contribution in [2.75, 3.05) is 27.3 Å². The second-order valence-corrected chi connectivity index (χ2v) is 4.63. The van der Waals surface area contributed by atoms with Gasteiger partial charge in [-0.2, -0.15) is 0 Å². The van der Waals surface area contributed by atoms with Gasteiger partial charge in [-0.3, -0.25) is 0 Å². The Kier molecular flexibility index (Phi) is 5.68. The van der Waals surface area contributed by atoms with E-state index in [0.29, 0.717) is 5.41 Å². The lowest BCUT2D eigenvalue weighted by Gasteiger charge is -2.24. The van der Waals surface area contributed by atoms with Crippen LogP contribution in [-0.4, -0.2) is 27.3 Å². The van der Waals surface area contributed by atoms with E-state index in [1.54, 1.807) is 14.2 Å². The van der Waals surface area contributed by atoms with E-state index < -0.39 is 0 Å². The first-order chi connectivity index (χ1) is 6.58. The maximum atomic E-state index is 4.25. The molecule has 2 fully saturated rings. The Hall–Kier alpha value is -0.0800. The van der Waals surface area contributed by atoms with Gasteiger partial charge in [-0.15, -0.1) is 0 Å². The fourth-order valence-electron chi connectivity index (χ4n) is 2.21. The van der Waals surface area contributed by atoms with Crippen molar-refractivity contribution < 1.29 is 4.74 Å². The predicted octanol–water partition coefficient (Wildman–Crippen LogP) is 2.68. The number of hydrogen-bond donors (Lipinski definition) is 1. The first kappa shape index (κ1) is 13.9. The SMILES string of the molecule is CC.CC12CCNCC1(C)C2.COC. The molecule has 0 aromatic carbocycles. The maximum absolute atomic E-state index is 4.25. The van der Waals surface area contributed by atoms with Crippen LogP contribution in [0.15, 0.2) is 0 Å². The zero-order chi connectivity index (χ0) is 11.2. The quantitative estimate of drug-likeness (QED) is 0.650. The van der Waals surface area contributed by atoms with E-state index in [-0.39, 0.29) is 0 Å². The molecule has 2 heteroatoms. The molecule has 0 amide bonds. The van der Waals surface area contributed by atoms with Gasteiger partial charge in [-0.05, 0) is 30.2 Å². The van der Waals surface area contributed by atoms with Crippen LogP contribution in [0.4, 0.5) is 0 Å². The summed E-state index contributed by atoms with van der Waals surface area (Å²) in [7, 11) is 3.25. The van der Waals surface area contributed by atoms with Crippen molar-refractivity contribution in [3.05, 3.63) is 0 Å². The third kappa shape index (κ3) is 2.96. The molecule has 1 aliphatic carbocycles. The summed E-state index contributed by atoms with van der Waals surface area (Å²) >= 11 is 0. The molecule has 0 aromatic rings. The third-order valence-electron chi connectivity index (χ3n) is 3.48. The van der Waals surface area contributed by atoms with Gasteiger partial charge < -0.3 is 10.1 Å². The Bertz CT molecular complexity index is 136. The summed E-state index contributed by atoms with van der Waals surface area (Å²) in [4.78, 5) is 0. The van der Waals surface area contributed by atoms with Crippen molar-refractivity contribution in [3.8, 4) is 0 Å². The zero-order valence-electron chi connectivity index (χ0n) is 10.7. The summed E-state index contributed by atoms with van der Waals surface area (Å²) in [6.45, 7) is 11.3. The third-order valence-corrected chi connectivity index (χ3v) is 3.48. The molecule has 1 saturated heterocycles. The number of piperidine rings is 1. The monoisotopic (exact) mass is 201 g/mol. The number of hydrogen-bond acceptors (Lipinski definition) is 2. The fourth-order valence-corrected chi connectivity index (χ4v) is 2.21. The van der Waals surface area contributed by atoms with Crippen LogP contribution in [0.25, 0.3) is 0 Å². The summed E-state index contributed by atoms with van der Waals surface area (Å²) in [6.07, 6.45) is 2.84. The molecular weight excluding hydrogens is 174 g/mol. The predicted molar refractivity (Wildman–Crippen MR) is 62.6 cm³/mol. The Morgan fingerprint density at radius 1 is 1.07 bits per heavy atom. The summed E-state index contributed by atoms with van der Waals surface area (Å²) in [6, 6.07) is 0. The van der Waals surface area contributed by atoms with Crippen LogP contribution >= 0.6 is 0 Å². The molecule has 2 rings (SSSR count). The molecule has 0 radical (unpaired) electrons. The van der Waals surface area contributed by atoms with Gasteiger partial charge >= 0.3 is 0 Å². The Labute approximate surface area is 89.4 Å². The molecule has 1 saturated carbocycles. The number of nitrogens with one attached hydrogen (secondary N) is 1. The average molecular weight is 201 g/mol. The molecule has 0 aromatic heterocycles. The molecule has 1 aliphatic heterocycles. The Morgan fingerprint density at radius 3 is 1.86 bits per heavy atom. The molecule has 0 spiro atoms. The van der Waals surface area contributed by atoms with E-state index in [1.807, 2.05) is 13.8 Å². The van der Waals surface area contributed by atoms with Crippen LogP contribution in [0.5, 0.6) is 0 Å². The van der Waals surface area contributed by atoms with Crippen LogP contribution in [0.3, 0.4) is 0 Å². The van der Waals surface area contributed by atoms with E-state index >= 15 is 0 Å². The van der Waals surface area contributed by atoms with Crippen LogP contribution in [0, 0.1) is 10.8 Å². The highest BCUT2D eigenvalue weighted by molar-refractivity contribution is 5.12. The van der Waals surface area contributed by atoms with E-state index in [0.717, 1.165) is 5.41 Å². The second-order valence-electron chi connectivity index (χ2n) is 4.63. The minimum atomic E-state index is 0.672. The lowest BCUT2D eigenvalue weighted by molar-refractivity contribution is 0.277. The van der Waals surface area contributed by atoms with Gasteiger partial charge in [0.05, 0.1) is 0 Å². The van der Waals surface area contributed by atoms with Crippen molar-refractivity contribution in [1.82, 2.24) is 5.32 Å². The zero-order valence-corrected chi connectivity index (χ0v) is 10.7. The van der Waals surface area contributed by atoms with Gasteiger partial charge in [0.15, 0.2) is 0 Å². The Balaban J connectivity index is 0.000000294. The molecule has 2 atom stereocenters. The lowest BCUT2D eigenvalue weighted by Crippen LogP contribution is -2.33. The number of fused-ring (bicyclic) bond motifs is 1. The maximum Gasteiger partial charge on any atom is 0.0351 e. The highest BCUT2D eigenvalue weighted by atomic mass is 16.4. The summed E-state index contributed by atoms with van der Waals surface area (Å²) < 4.78 is 4.25. The average Bonchev–Trinajstić information content (AvgIpc) is 2.73. The van der Waals surface area contributed by atoms with Crippen molar-refractivity contribution in [2.45, 2.75) is 40.5 Å². The van der Waals surface area contributed by atoms with Crippen LogP contribution in [0.1, 0.15) is 40.5 Å². The number of methoxy groups -OCH3 is 1. The van der Waals surface area contributed by atoms with Crippen molar-refractivity contribution in [3.63, 3.8) is 0 Å².